The van der Waals surface area contributed by atoms with Gasteiger partial charge in [-0.25, -0.2) is 0 Å². The van der Waals surface area contributed by atoms with Crippen molar-refractivity contribution in [2.45, 2.75) is 52.0 Å². The second-order valence-corrected chi connectivity index (χ2v) is 7.19. The summed E-state index contributed by atoms with van der Waals surface area (Å²) in [5.74, 6) is 0.982. The molecule has 24 heavy (non-hydrogen) atoms. The fourth-order valence-corrected chi connectivity index (χ4v) is 4.11. The van der Waals surface area contributed by atoms with Gasteiger partial charge in [0.25, 0.3) is 0 Å². The molecule has 1 saturated heterocycles. The lowest BCUT2D eigenvalue weighted by Gasteiger charge is -2.50. The molecule has 2 rings (SSSR count). The Bertz CT molecular complexity index is 586. The second-order valence-electron chi connectivity index (χ2n) is 7.19. The predicted octanol–water partition coefficient (Wildman–Crippen LogP) is 3.55. The van der Waals surface area contributed by atoms with Gasteiger partial charge in [0.2, 0.25) is 0 Å². The standard InChI is InChI=1S/C20H31NO3/c1-7-24-19(22)13-18-15(3)21(5)11-10-20(18,4)17-12-16(23-6)9-8-14(17)2/h8-9,12,15,18H,7,10-11,13H2,1-6H3/t15?,18-,20+/m0/s1. The Kier molecular flexibility index (Phi) is 5.92. The zero-order valence-electron chi connectivity index (χ0n) is 15.9. The predicted molar refractivity (Wildman–Crippen MR) is 96.5 cm³/mol. The summed E-state index contributed by atoms with van der Waals surface area (Å²) in [4.78, 5) is 14.6. The van der Waals surface area contributed by atoms with E-state index in [2.05, 4.69) is 44.9 Å². The van der Waals surface area contributed by atoms with Crippen LogP contribution in [-0.2, 0) is 14.9 Å². The molecule has 0 amide bonds. The van der Waals surface area contributed by atoms with Crippen LogP contribution in [0.5, 0.6) is 5.75 Å². The number of carbonyl (C=O) groups is 1. The van der Waals surface area contributed by atoms with Crippen molar-refractivity contribution in [1.82, 2.24) is 4.90 Å². The minimum atomic E-state index is -0.101. The molecule has 1 fully saturated rings. The summed E-state index contributed by atoms with van der Waals surface area (Å²) < 4.78 is 10.7. The number of nitrogens with zero attached hydrogens (tertiary/aromatic N) is 1. The van der Waals surface area contributed by atoms with Gasteiger partial charge in [-0.3, -0.25) is 4.79 Å². The third-order valence-corrected chi connectivity index (χ3v) is 5.83. The van der Waals surface area contributed by atoms with Crippen LogP contribution in [0.3, 0.4) is 0 Å². The summed E-state index contributed by atoms with van der Waals surface area (Å²) in [6.07, 6.45) is 1.47. The number of hydrogen-bond donors (Lipinski definition) is 0. The maximum absolute atomic E-state index is 12.2. The number of carbonyl (C=O) groups excluding carboxylic acids is 1. The summed E-state index contributed by atoms with van der Waals surface area (Å²) in [6, 6.07) is 6.58. The minimum Gasteiger partial charge on any atom is -0.497 e. The van der Waals surface area contributed by atoms with Gasteiger partial charge in [0, 0.05) is 6.04 Å². The van der Waals surface area contributed by atoms with Gasteiger partial charge in [0.1, 0.15) is 5.75 Å². The normalized spacial score (nSPS) is 27.8. The Morgan fingerprint density at radius 3 is 2.75 bits per heavy atom. The topological polar surface area (TPSA) is 38.8 Å². The van der Waals surface area contributed by atoms with Crippen molar-refractivity contribution in [1.29, 1.82) is 0 Å². The summed E-state index contributed by atoms with van der Waals surface area (Å²) in [7, 11) is 3.84. The van der Waals surface area contributed by atoms with E-state index in [1.165, 1.54) is 11.1 Å². The van der Waals surface area contributed by atoms with E-state index in [0.717, 1.165) is 18.7 Å². The number of rotatable bonds is 5. The molecule has 0 bridgehead atoms. The van der Waals surface area contributed by atoms with Gasteiger partial charge in [0.05, 0.1) is 20.1 Å². The first kappa shape index (κ1) is 18.8. The van der Waals surface area contributed by atoms with Crippen LogP contribution in [-0.4, -0.2) is 44.2 Å². The molecule has 4 nitrogen and oxygen atoms in total. The van der Waals surface area contributed by atoms with E-state index in [1.807, 2.05) is 13.0 Å². The summed E-state index contributed by atoms with van der Waals surface area (Å²) in [6.45, 7) is 9.97. The molecule has 1 aliphatic heterocycles. The van der Waals surface area contributed by atoms with E-state index >= 15 is 0 Å². The van der Waals surface area contributed by atoms with Crippen molar-refractivity contribution in [3.63, 3.8) is 0 Å². The maximum atomic E-state index is 12.2. The van der Waals surface area contributed by atoms with Crippen LogP contribution in [0.25, 0.3) is 0 Å². The van der Waals surface area contributed by atoms with Crippen molar-refractivity contribution in [3.05, 3.63) is 29.3 Å². The third kappa shape index (κ3) is 3.59. The molecular formula is C20H31NO3. The van der Waals surface area contributed by atoms with Crippen LogP contribution >= 0.6 is 0 Å². The summed E-state index contributed by atoms with van der Waals surface area (Å²) in [5, 5.41) is 0. The molecule has 4 heteroatoms. The molecule has 1 aliphatic rings. The summed E-state index contributed by atoms with van der Waals surface area (Å²) in [5.41, 5.74) is 2.47. The first-order valence-corrected chi connectivity index (χ1v) is 8.84. The highest BCUT2D eigenvalue weighted by molar-refractivity contribution is 5.70. The molecule has 1 heterocycles. The number of benzene rings is 1. The zero-order chi connectivity index (χ0) is 17.9. The van der Waals surface area contributed by atoms with E-state index in [9.17, 15) is 4.79 Å². The van der Waals surface area contributed by atoms with Gasteiger partial charge in [-0.2, -0.15) is 0 Å². The van der Waals surface area contributed by atoms with Crippen molar-refractivity contribution < 1.29 is 14.3 Å². The number of aryl methyl sites for hydroxylation is 1. The van der Waals surface area contributed by atoms with Gasteiger partial charge in [-0.05, 0) is 75.4 Å². The Morgan fingerprint density at radius 1 is 1.42 bits per heavy atom. The smallest absolute Gasteiger partial charge is 0.306 e. The van der Waals surface area contributed by atoms with Crippen molar-refractivity contribution in [2.75, 3.05) is 27.3 Å². The van der Waals surface area contributed by atoms with Crippen LogP contribution in [0.1, 0.15) is 44.7 Å². The minimum absolute atomic E-state index is 0.0721. The molecule has 0 aliphatic carbocycles. The molecule has 0 aromatic heterocycles. The average molecular weight is 333 g/mol. The van der Waals surface area contributed by atoms with E-state index in [-0.39, 0.29) is 17.3 Å². The number of methoxy groups -OCH3 is 1. The summed E-state index contributed by atoms with van der Waals surface area (Å²) >= 11 is 0. The number of likely N-dealkylation sites (tertiary alicyclic amines) is 1. The second kappa shape index (κ2) is 7.56. The highest BCUT2D eigenvalue weighted by Gasteiger charge is 2.45. The molecule has 1 aromatic rings. The van der Waals surface area contributed by atoms with Crippen molar-refractivity contribution in [2.24, 2.45) is 5.92 Å². The number of piperidine rings is 1. The van der Waals surface area contributed by atoms with E-state index < -0.39 is 0 Å². The highest BCUT2D eigenvalue weighted by Crippen LogP contribution is 2.45. The molecule has 3 atom stereocenters. The van der Waals surface area contributed by atoms with Crippen LogP contribution in [0.4, 0.5) is 0 Å². The lowest BCUT2D eigenvalue weighted by molar-refractivity contribution is -0.146. The molecule has 0 saturated carbocycles. The zero-order valence-corrected chi connectivity index (χ0v) is 15.9. The van der Waals surface area contributed by atoms with Crippen LogP contribution in [0.15, 0.2) is 18.2 Å². The molecule has 0 spiro atoms. The van der Waals surface area contributed by atoms with Gasteiger partial charge < -0.3 is 14.4 Å². The van der Waals surface area contributed by atoms with Gasteiger partial charge >= 0.3 is 5.97 Å². The lowest BCUT2D eigenvalue weighted by Crippen LogP contribution is -2.53. The first-order chi connectivity index (χ1) is 11.3. The Morgan fingerprint density at radius 2 is 2.12 bits per heavy atom. The molecule has 1 aromatic carbocycles. The number of hydrogen-bond acceptors (Lipinski definition) is 4. The maximum Gasteiger partial charge on any atom is 0.306 e. The quantitative estimate of drug-likeness (QED) is 0.773. The highest BCUT2D eigenvalue weighted by atomic mass is 16.5. The molecule has 0 radical (unpaired) electrons. The van der Waals surface area contributed by atoms with Gasteiger partial charge in [-0.15, -0.1) is 0 Å². The van der Waals surface area contributed by atoms with Crippen LogP contribution in [0.2, 0.25) is 0 Å². The average Bonchev–Trinajstić information content (AvgIpc) is 2.56. The fourth-order valence-electron chi connectivity index (χ4n) is 4.11. The van der Waals surface area contributed by atoms with Crippen molar-refractivity contribution in [3.8, 4) is 5.75 Å². The Balaban J connectivity index is 2.43. The number of esters is 1. The van der Waals surface area contributed by atoms with Gasteiger partial charge in [-0.1, -0.05) is 13.0 Å². The number of ether oxygens (including phenoxy) is 2. The Labute approximate surface area is 146 Å². The Hall–Kier alpha value is -1.55. The molecular weight excluding hydrogens is 302 g/mol. The SMILES string of the molecule is CCOC(=O)C[C@H]1C(C)N(C)CC[C@]1(C)c1cc(OC)ccc1C. The van der Waals surface area contributed by atoms with Crippen LogP contribution in [0, 0.1) is 12.8 Å². The van der Waals surface area contributed by atoms with Gasteiger partial charge in [0.15, 0.2) is 0 Å². The van der Waals surface area contributed by atoms with E-state index in [0.29, 0.717) is 19.1 Å². The van der Waals surface area contributed by atoms with E-state index in [1.54, 1.807) is 7.11 Å². The first-order valence-electron chi connectivity index (χ1n) is 8.84. The lowest BCUT2D eigenvalue weighted by atomic mass is 9.62. The van der Waals surface area contributed by atoms with E-state index in [4.69, 9.17) is 9.47 Å². The molecule has 0 N–H and O–H groups in total. The van der Waals surface area contributed by atoms with Crippen LogP contribution < -0.4 is 4.74 Å². The largest absolute Gasteiger partial charge is 0.497 e. The third-order valence-electron chi connectivity index (χ3n) is 5.83. The molecule has 134 valence electrons. The van der Waals surface area contributed by atoms with Crippen molar-refractivity contribution >= 4 is 5.97 Å². The fraction of sp³-hybridized carbons (Fsp3) is 0.650. The molecule has 1 unspecified atom stereocenters. The monoisotopic (exact) mass is 333 g/mol.